The number of benzene rings is 2. The molecule has 0 radical (unpaired) electrons. The van der Waals surface area contributed by atoms with E-state index >= 15 is 0 Å². The monoisotopic (exact) mass is 441 g/mol. The molecule has 0 heterocycles. The van der Waals surface area contributed by atoms with Crippen LogP contribution in [0.4, 0.5) is 0 Å². The molecule has 0 aliphatic heterocycles. The first-order chi connectivity index (χ1) is 13.5. The molecule has 2 rings (SSSR count). The summed E-state index contributed by atoms with van der Waals surface area (Å²) in [6.45, 7) is 5.06. The molecule has 0 aromatic heterocycles. The van der Waals surface area contributed by atoms with Crippen LogP contribution in [0.1, 0.15) is 36.7 Å². The Balaban J connectivity index is 2.29. The van der Waals surface area contributed by atoms with Gasteiger partial charge < -0.3 is 14.2 Å². The molecule has 0 bridgehead atoms. The number of methoxy groups -OCH3 is 2. The van der Waals surface area contributed by atoms with Gasteiger partial charge >= 0.3 is 5.97 Å². The number of halogens is 1. The zero-order valence-electron chi connectivity index (χ0n) is 16.9. The van der Waals surface area contributed by atoms with Crippen molar-refractivity contribution in [3.63, 3.8) is 0 Å². The molecule has 29 heavy (non-hydrogen) atoms. The van der Waals surface area contributed by atoms with Crippen molar-refractivity contribution < 1.29 is 27.4 Å². The van der Waals surface area contributed by atoms with Crippen molar-refractivity contribution in [3.8, 4) is 11.5 Å². The molecule has 2 aromatic carbocycles. The molecule has 2 aromatic rings. The fraction of sp³-hybridized carbons (Fsp3) is 0.350. The van der Waals surface area contributed by atoms with Gasteiger partial charge in [0.1, 0.15) is 23.0 Å². The average Bonchev–Trinajstić information content (AvgIpc) is 2.63. The lowest BCUT2D eigenvalue weighted by atomic mass is 10.1. The molecule has 0 unspecified atom stereocenters. The van der Waals surface area contributed by atoms with E-state index < -0.39 is 21.5 Å². The van der Waals surface area contributed by atoms with E-state index in [0.717, 1.165) is 0 Å². The van der Waals surface area contributed by atoms with E-state index in [1.165, 1.54) is 32.4 Å². The minimum Gasteiger partial charge on any atom is -0.496 e. The molecule has 7 nitrogen and oxygen atoms in total. The van der Waals surface area contributed by atoms with Gasteiger partial charge in [0.15, 0.2) is 0 Å². The third-order valence-electron chi connectivity index (χ3n) is 3.73. The summed E-state index contributed by atoms with van der Waals surface area (Å²) >= 11 is 5.98. The Morgan fingerprint density at radius 2 is 1.66 bits per heavy atom. The van der Waals surface area contributed by atoms with Gasteiger partial charge in [0.05, 0.1) is 19.8 Å². The van der Waals surface area contributed by atoms with Crippen LogP contribution in [0.2, 0.25) is 5.02 Å². The van der Waals surface area contributed by atoms with E-state index in [-0.39, 0.29) is 22.8 Å². The lowest BCUT2D eigenvalue weighted by Gasteiger charge is -2.21. The number of nitrogens with one attached hydrogen (secondary N) is 1. The van der Waals surface area contributed by atoms with E-state index in [9.17, 15) is 13.2 Å². The smallest absolute Gasteiger partial charge is 0.338 e. The highest BCUT2D eigenvalue weighted by molar-refractivity contribution is 7.89. The van der Waals surface area contributed by atoms with Gasteiger partial charge in [-0.05, 0) is 57.2 Å². The highest BCUT2D eigenvalue weighted by atomic mass is 35.5. The Kier molecular flexibility index (Phi) is 7.15. The van der Waals surface area contributed by atoms with Crippen molar-refractivity contribution in [2.75, 3.05) is 14.2 Å². The molecule has 0 saturated carbocycles. The number of hydrogen-bond donors (Lipinski definition) is 1. The van der Waals surface area contributed by atoms with Crippen molar-refractivity contribution in [2.45, 2.75) is 37.8 Å². The molecule has 1 N–H and O–H groups in total. The second-order valence-electron chi connectivity index (χ2n) is 7.25. The molecule has 0 aliphatic carbocycles. The van der Waals surface area contributed by atoms with Crippen molar-refractivity contribution in [2.24, 2.45) is 0 Å². The molecule has 9 heteroatoms. The summed E-state index contributed by atoms with van der Waals surface area (Å²) < 4.78 is 43.7. The Morgan fingerprint density at radius 1 is 1.03 bits per heavy atom. The third-order valence-corrected chi connectivity index (χ3v) is 5.74. The van der Waals surface area contributed by atoms with Crippen LogP contribution in [0.15, 0.2) is 41.3 Å². The highest BCUT2D eigenvalue weighted by Gasteiger charge is 2.26. The van der Waals surface area contributed by atoms with Gasteiger partial charge in [-0.2, -0.15) is 0 Å². The normalized spacial score (nSPS) is 11.8. The Bertz CT molecular complexity index is 999. The van der Waals surface area contributed by atoms with E-state index in [0.29, 0.717) is 16.3 Å². The second-order valence-corrected chi connectivity index (χ2v) is 9.34. The Labute approximate surface area is 176 Å². The molecule has 0 fully saturated rings. The first kappa shape index (κ1) is 23.0. The maximum absolute atomic E-state index is 12.7. The van der Waals surface area contributed by atoms with E-state index in [1.807, 2.05) is 0 Å². The lowest BCUT2D eigenvalue weighted by Crippen LogP contribution is -2.40. The predicted molar refractivity (Wildman–Crippen MR) is 110 cm³/mol. The zero-order chi connectivity index (χ0) is 21.8. The molecule has 0 saturated heterocycles. The van der Waals surface area contributed by atoms with E-state index in [4.69, 9.17) is 25.8 Å². The number of hydrogen-bond acceptors (Lipinski definition) is 6. The largest absolute Gasteiger partial charge is 0.496 e. The second kappa shape index (κ2) is 9.02. The zero-order valence-corrected chi connectivity index (χ0v) is 18.5. The molecular formula is C20H24ClNO6S. The standard InChI is InChI=1S/C20H24ClNO6S/c1-20(2,3)22-29(24,25)18-11-13(6-8-17(18)27-5)19(23)28-12-14-10-15(21)7-9-16(14)26-4/h6-11,22H,12H2,1-5H3. The SMILES string of the molecule is COc1ccc(Cl)cc1COC(=O)c1ccc(OC)c(S(=O)(=O)NC(C)(C)C)c1. The fourth-order valence-corrected chi connectivity index (χ4v) is 4.37. The topological polar surface area (TPSA) is 90.9 Å². The summed E-state index contributed by atoms with van der Waals surface area (Å²) in [5.41, 5.74) is -0.0473. The van der Waals surface area contributed by atoms with Crippen molar-refractivity contribution in [1.29, 1.82) is 0 Å². The quantitative estimate of drug-likeness (QED) is 0.657. The van der Waals surface area contributed by atoms with Crippen molar-refractivity contribution in [3.05, 3.63) is 52.5 Å². The molecule has 0 aliphatic rings. The van der Waals surface area contributed by atoms with Gasteiger partial charge in [-0.1, -0.05) is 11.6 Å². The Morgan fingerprint density at radius 3 is 2.24 bits per heavy atom. The number of sulfonamides is 1. The van der Waals surface area contributed by atoms with Gasteiger partial charge in [0.2, 0.25) is 10.0 Å². The maximum Gasteiger partial charge on any atom is 0.338 e. The molecule has 0 amide bonds. The van der Waals surface area contributed by atoms with Crippen molar-refractivity contribution >= 4 is 27.6 Å². The molecule has 0 spiro atoms. The minimum atomic E-state index is -3.92. The summed E-state index contributed by atoms with van der Waals surface area (Å²) in [6, 6.07) is 9.03. The lowest BCUT2D eigenvalue weighted by molar-refractivity contribution is 0.0470. The summed E-state index contributed by atoms with van der Waals surface area (Å²) in [5.74, 6) is -0.0497. The minimum absolute atomic E-state index is 0.0704. The Hall–Kier alpha value is -2.29. The first-order valence-corrected chi connectivity index (χ1v) is 10.5. The van der Waals surface area contributed by atoms with Gasteiger partial charge in [-0.3, -0.25) is 0 Å². The number of ether oxygens (including phenoxy) is 3. The van der Waals surface area contributed by atoms with Crippen LogP contribution in [0.3, 0.4) is 0 Å². The number of carbonyl (C=O) groups excluding carboxylic acids is 1. The first-order valence-electron chi connectivity index (χ1n) is 8.68. The number of carbonyl (C=O) groups is 1. The van der Waals surface area contributed by atoms with Gasteiger partial charge in [0.25, 0.3) is 0 Å². The van der Waals surface area contributed by atoms with Gasteiger partial charge in [-0.25, -0.2) is 17.9 Å². The number of rotatable bonds is 7. The van der Waals surface area contributed by atoms with Crippen LogP contribution < -0.4 is 14.2 Å². The molecule has 158 valence electrons. The van der Waals surface area contributed by atoms with Crippen LogP contribution in [-0.4, -0.2) is 34.1 Å². The fourth-order valence-electron chi connectivity index (χ4n) is 2.56. The van der Waals surface area contributed by atoms with E-state index in [2.05, 4.69) is 4.72 Å². The number of esters is 1. The van der Waals surface area contributed by atoms with Crippen LogP contribution in [-0.2, 0) is 21.4 Å². The predicted octanol–water partition coefficient (Wildman–Crippen LogP) is 3.79. The third kappa shape index (κ3) is 6.09. The summed E-state index contributed by atoms with van der Waals surface area (Å²) in [7, 11) is -1.07. The molecule has 0 atom stereocenters. The summed E-state index contributed by atoms with van der Waals surface area (Å²) in [6.07, 6.45) is 0. The highest BCUT2D eigenvalue weighted by Crippen LogP contribution is 2.27. The van der Waals surface area contributed by atoms with Crippen LogP contribution in [0.5, 0.6) is 11.5 Å². The maximum atomic E-state index is 12.7. The van der Waals surface area contributed by atoms with Crippen LogP contribution in [0, 0.1) is 0 Å². The van der Waals surface area contributed by atoms with Gasteiger partial charge in [0, 0.05) is 16.1 Å². The summed E-state index contributed by atoms with van der Waals surface area (Å²) in [4.78, 5) is 12.4. The van der Waals surface area contributed by atoms with Crippen LogP contribution >= 0.6 is 11.6 Å². The van der Waals surface area contributed by atoms with Crippen LogP contribution in [0.25, 0.3) is 0 Å². The van der Waals surface area contributed by atoms with Crippen molar-refractivity contribution in [1.82, 2.24) is 4.72 Å². The average molecular weight is 442 g/mol. The summed E-state index contributed by atoms with van der Waals surface area (Å²) in [5, 5.41) is 0.475. The van der Waals surface area contributed by atoms with Gasteiger partial charge in [-0.15, -0.1) is 0 Å². The van der Waals surface area contributed by atoms with E-state index in [1.54, 1.807) is 39.0 Å². The molecular weight excluding hydrogens is 418 g/mol.